The summed E-state index contributed by atoms with van der Waals surface area (Å²) in [4.78, 5) is 6.45. The van der Waals surface area contributed by atoms with Gasteiger partial charge in [-0.05, 0) is 55.0 Å². The maximum atomic E-state index is 13.0. The van der Waals surface area contributed by atoms with Gasteiger partial charge in [0, 0.05) is 24.2 Å². The first kappa shape index (κ1) is 17.7. The van der Waals surface area contributed by atoms with Crippen LogP contribution in [-0.4, -0.2) is 34.1 Å². The van der Waals surface area contributed by atoms with Gasteiger partial charge < -0.3 is 5.11 Å². The summed E-state index contributed by atoms with van der Waals surface area (Å²) in [6.07, 6.45) is -0.335. The number of pyridine rings is 1. The number of hydrogen-bond acceptors (Lipinski definition) is 3. The van der Waals surface area contributed by atoms with E-state index in [1.807, 2.05) is 0 Å². The highest BCUT2D eigenvalue weighted by Crippen LogP contribution is 2.43. The van der Waals surface area contributed by atoms with E-state index in [0.29, 0.717) is 22.8 Å². The molecule has 3 nitrogen and oxygen atoms in total. The van der Waals surface area contributed by atoms with Crippen molar-refractivity contribution in [2.24, 2.45) is 11.8 Å². The highest BCUT2D eigenvalue weighted by atomic mass is 19.4. The van der Waals surface area contributed by atoms with E-state index in [-0.39, 0.29) is 11.6 Å². The molecule has 6 heteroatoms. The minimum atomic E-state index is -4.39. The number of alkyl halides is 3. The minimum absolute atomic E-state index is 0.0319. The van der Waals surface area contributed by atoms with Crippen molar-refractivity contribution in [3.63, 3.8) is 0 Å². The fraction of sp³-hybridized carbons (Fsp3) is 0.550. The Kier molecular flexibility index (Phi) is 4.43. The van der Waals surface area contributed by atoms with Crippen LogP contribution in [0.2, 0.25) is 0 Å². The summed E-state index contributed by atoms with van der Waals surface area (Å²) in [6.45, 7) is 4.21. The van der Waals surface area contributed by atoms with Crippen molar-refractivity contribution in [3.05, 3.63) is 41.6 Å². The molecule has 0 radical (unpaired) electrons. The van der Waals surface area contributed by atoms with Gasteiger partial charge in [0.1, 0.15) is 0 Å². The molecule has 5 rings (SSSR count). The quantitative estimate of drug-likeness (QED) is 0.877. The van der Waals surface area contributed by atoms with Gasteiger partial charge in [-0.15, -0.1) is 0 Å². The van der Waals surface area contributed by atoms with Gasteiger partial charge in [-0.3, -0.25) is 9.88 Å². The Balaban J connectivity index is 1.66. The average Bonchev–Trinajstić information content (AvgIpc) is 2.66. The SMILES string of the molecule is CCC1CN2CCC1CC2C(O)c1ccnc2cc(C(F)(F)F)ccc12. The van der Waals surface area contributed by atoms with Crippen molar-refractivity contribution in [3.8, 4) is 0 Å². The number of halogens is 3. The maximum absolute atomic E-state index is 13.0. The van der Waals surface area contributed by atoms with Crippen molar-refractivity contribution in [1.82, 2.24) is 9.88 Å². The van der Waals surface area contributed by atoms with Gasteiger partial charge in [-0.25, -0.2) is 0 Å². The summed E-state index contributed by atoms with van der Waals surface area (Å²) in [5, 5.41) is 11.7. The number of aliphatic hydroxyl groups is 1. The molecule has 3 fully saturated rings. The number of nitrogens with zero attached hydrogens (tertiary/aromatic N) is 2. The van der Waals surface area contributed by atoms with E-state index < -0.39 is 17.8 Å². The van der Waals surface area contributed by atoms with E-state index in [1.54, 1.807) is 6.07 Å². The van der Waals surface area contributed by atoms with E-state index in [9.17, 15) is 18.3 Å². The minimum Gasteiger partial charge on any atom is -0.387 e. The van der Waals surface area contributed by atoms with E-state index in [1.165, 1.54) is 18.7 Å². The molecule has 0 aliphatic carbocycles. The molecule has 3 saturated heterocycles. The average molecular weight is 364 g/mol. The zero-order valence-corrected chi connectivity index (χ0v) is 14.7. The smallest absolute Gasteiger partial charge is 0.387 e. The van der Waals surface area contributed by atoms with Crippen LogP contribution < -0.4 is 0 Å². The molecule has 5 unspecified atom stereocenters. The summed E-state index contributed by atoms with van der Waals surface area (Å²) >= 11 is 0. The second-order valence-corrected chi connectivity index (χ2v) is 7.59. The Morgan fingerprint density at radius 3 is 2.77 bits per heavy atom. The van der Waals surface area contributed by atoms with Gasteiger partial charge in [-0.1, -0.05) is 19.4 Å². The maximum Gasteiger partial charge on any atom is 0.416 e. The van der Waals surface area contributed by atoms with Gasteiger partial charge in [0.25, 0.3) is 0 Å². The molecule has 3 aliphatic rings. The van der Waals surface area contributed by atoms with Crippen LogP contribution in [0.5, 0.6) is 0 Å². The van der Waals surface area contributed by atoms with Crippen LogP contribution in [0, 0.1) is 11.8 Å². The highest BCUT2D eigenvalue weighted by molar-refractivity contribution is 5.83. The Morgan fingerprint density at radius 1 is 1.31 bits per heavy atom. The van der Waals surface area contributed by atoms with Gasteiger partial charge in [0.15, 0.2) is 0 Å². The van der Waals surface area contributed by atoms with Gasteiger partial charge in [0.05, 0.1) is 17.2 Å². The van der Waals surface area contributed by atoms with Crippen molar-refractivity contribution in [2.75, 3.05) is 13.1 Å². The number of hydrogen-bond donors (Lipinski definition) is 1. The standard InChI is InChI=1S/C20H23F3N2O/c1-2-12-11-25-8-6-13(12)9-18(25)19(26)16-5-7-24-17-10-14(20(21,22)23)3-4-15(16)17/h3-5,7,10,12-13,18-19,26H,2,6,8-9,11H2,1H3. The van der Waals surface area contributed by atoms with Gasteiger partial charge in [0.2, 0.25) is 0 Å². The van der Waals surface area contributed by atoms with Crippen molar-refractivity contribution in [1.29, 1.82) is 0 Å². The number of aromatic nitrogens is 1. The van der Waals surface area contributed by atoms with E-state index >= 15 is 0 Å². The second kappa shape index (κ2) is 6.50. The third kappa shape index (κ3) is 2.99. The summed E-state index contributed by atoms with van der Waals surface area (Å²) in [5.74, 6) is 1.32. The van der Waals surface area contributed by atoms with Crippen LogP contribution in [0.3, 0.4) is 0 Å². The summed E-state index contributed by atoms with van der Waals surface area (Å²) < 4.78 is 38.9. The highest BCUT2D eigenvalue weighted by Gasteiger charge is 2.42. The second-order valence-electron chi connectivity index (χ2n) is 7.59. The Hall–Kier alpha value is -1.66. The molecular formula is C20H23F3N2O. The third-order valence-electron chi connectivity index (χ3n) is 6.25. The molecule has 0 amide bonds. The Morgan fingerprint density at radius 2 is 2.12 bits per heavy atom. The first-order valence-electron chi connectivity index (χ1n) is 9.26. The molecule has 140 valence electrons. The van der Waals surface area contributed by atoms with Crippen molar-refractivity contribution in [2.45, 2.75) is 44.5 Å². The normalized spacial score (nSPS) is 29.9. The molecule has 0 saturated carbocycles. The summed E-state index contributed by atoms with van der Waals surface area (Å²) in [6, 6.07) is 5.34. The first-order valence-corrected chi connectivity index (χ1v) is 9.26. The molecule has 1 aromatic heterocycles. The lowest BCUT2D eigenvalue weighted by Crippen LogP contribution is -2.55. The third-order valence-corrected chi connectivity index (χ3v) is 6.25. The molecule has 2 bridgehead atoms. The lowest BCUT2D eigenvalue weighted by molar-refractivity contribution is -0.137. The van der Waals surface area contributed by atoms with Crippen molar-refractivity contribution < 1.29 is 18.3 Å². The van der Waals surface area contributed by atoms with Crippen LogP contribution >= 0.6 is 0 Å². The zero-order valence-electron chi connectivity index (χ0n) is 14.7. The molecule has 5 atom stereocenters. The van der Waals surface area contributed by atoms with E-state index in [2.05, 4.69) is 16.8 Å². The molecule has 2 aromatic rings. The number of aliphatic hydroxyl groups excluding tert-OH is 1. The van der Waals surface area contributed by atoms with E-state index in [0.717, 1.165) is 38.1 Å². The molecule has 3 aliphatic heterocycles. The predicted octanol–water partition coefficient (Wildman–Crippen LogP) is 4.41. The van der Waals surface area contributed by atoms with Crippen LogP contribution in [0.4, 0.5) is 13.2 Å². The number of benzene rings is 1. The molecular weight excluding hydrogens is 341 g/mol. The van der Waals surface area contributed by atoms with E-state index in [4.69, 9.17) is 0 Å². The molecule has 1 aromatic carbocycles. The fourth-order valence-electron chi connectivity index (χ4n) is 4.78. The predicted molar refractivity (Wildman–Crippen MR) is 93.6 cm³/mol. The van der Waals surface area contributed by atoms with Gasteiger partial charge in [-0.2, -0.15) is 13.2 Å². The molecule has 4 heterocycles. The van der Waals surface area contributed by atoms with Crippen LogP contribution in [-0.2, 0) is 6.18 Å². The van der Waals surface area contributed by atoms with Gasteiger partial charge >= 0.3 is 6.18 Å². The number of rotatable bonds is 3. The lowest BCUT2D eigenvalue weighted by Gasteiger charge is -2.51. The van der Waals surface area contributed by atoms with Crippen molar-refractivity contribution >= 4 is 10.9 Å². The summed E-state index contributed by atoms with van der Waals surface area (Å²) in [7, 11) is 0. The van der Waals surface area contributed by atoms with Crippen LogP contribution in [0.1, 0.15) is 43.4 Å². The first-order chi connectivity index (χ1) is 12.4. The largest absolute Gasteiger partial charge is 0.416 e. The fourth-order valence-corrected chi connectivity index (χ4v) is 4.78. The Labute approximate surface area is 150 Å². The van der Waals surface area contributed by atoms with Crippen LogP contribution in [0.25, 0.3) is 10.9 Å². The number of fused-ring (bicyclic) bond motifs is 4. The molecule has 1 N–H and O–H groups in total. The topological polar surface area (TPSA) is 36.4 Å². The lowest BCUT2D eigenvalue weighted by atomic mass is 9.72. The Bertz CT molecular complexity index is 807. The zero-order chi connectivity index (χ0) is 18.5. The molecule has 0 spiro atoms. The number of piperidine rings is 3. The van der Waals surface area contributed by atoms with Crippen LogP contribution in [0.15, 0.2) is 30.5 Å². The monoisotopic (exact) mass is 364 g/mol. The summed E-state index contributed by atoms with van der Waals surface area (Å²) in [5.41, 5.74) is 0.239. The molecule has 26 heavy (non-hydrogen) atoms.